The zero-order valence-corrected chi connectivity index (χ0v) is 10.2. The zero-order chi connectivity index (χ0) is 12.8. The van der Waals surface area contributed by atoms with E-state index in [-0.39, 0.29) is 0 Å². The third kappa shape index (κ3) is 3.69. The summed E-state index contributed by atoms with van der Waals surface area (Å²) in [5.74, 6) is 0. The van der Waals surface area contributed by atoms with Crippen molar-refractivity contribution in [3.63, 3.8) is 0 Å². The van der Waals surface area contributed by atoms with Gasteiger partial charge in [-0.25, -0.2) is 0 Å². The molecule has 2 rings (SSSR count). The van der Waals surface area contributed by atoms with Crippen LogP contribution in [0.2, 0.25) is 0 Å². The van der Waals surface area contributed by atoms with Crippen LogP contribution in [-0.4, -0.2) is 22.4 Å². The number of aliphatic hydroxyl groups is 2. The summed E-state index contributed by atoms with van der Waals surface area (Å²) in [5, 5.41) is 20.0. The number of rotatable bonds is 5. The smallest absolute Gasteiger partial charge is 0.0842 e. The second-order valence-electron chi connectivity index (χ2n) is 4.51. The van der Waals surface area contributed by atoms with Crippen LogP contribution in [0, 0.1) is 0 Å². The van der Waals surface area contributed by atoms with Crippen LogP contribution >= 0.6 is 0 Å². The van der Waals surface area contributed by atoms with Crippen LogP contribution in [0.4, 0.5) is 0 Å². The van der Waals surface area contributed by atoms with Gasteiger partial charge in [0.1, 0.15) is 0 Å². The van der Waals surface area contributed by atoms with Gasteiger partial charge in [0.2, 0.25) is 0 Å². The second-order valence-corrected chi connectivity index (χ2v) is 4.51. The zero-order valence-electron chi connectivity index (χ0n) is 10.2. The SMILES string of the molecule is O[C@H](Cc1ccccc1)[C@@H](O)Cc1ccccc1. The third-order valence-electron chi connectivity index (χ3n) is 3.02. The van der Waals surface area contributed by atoms with Gasteiger partial charge in [-0.3, -0.25) is 0 Å². The van der Waals surface area contributed by atoms with Gasteiger partial charge >= 0.3 is 0 Å². The van der Waals surface area contributed by atoms with Gasteiger partial charge in [0.25, 0.3) is 0 Å². The molecule has 0 saturated carbocycles. The van der Waals surface area contributed by atoms with Gasteiger partial charge in [0.05, 0.1) is 12.2 Å². The summed E-state index contributed by atoms with van der Waals surface area (Å²) in [6, 6.07) is 19.5. The maximum atomic E-state index is 9.98. The largest absolute Gasteiger partial charge is 0.390 e. The van der Waals surface area contributed by atoms with E-state index in [1.165, 1.54) is 0 Å². The molecule has 0 radical (unpaired) electrons. The molecule has 2 nitrogen and oxygen atoms in total. The van der Waals surface area contributed by atoms with Crippen molar-refractivity contribution in [2.24, 2.45) is 0 Å². The monoisotopic (exact) mass is 242 g/mol. The van der Waals surface area contributed by atoms with Crippen LogP contribution in [0.15, 0.2) is 60.7 Å². The van der Waals surface area contributed by atoms with E-state index in [2.05, 4.69) is 0 Å². The van der Waals surface area contributed by atoms with Gasteiger partial charge < -0.3 is 10.2 Å². The first kappa shape index (κ1) is 12.8. The Hall–Kier alpha value is -1.64. The Balaban J connectivity index is 1.91. The Morgan fingerprint density at radius 2 is 0.944 bits per heavy atom. The number of hydrogen-bond acceptors (Lipinski definition) is 2. The molecule has 2 N–H and O–H groups in total. The van der Waals surface area contributed by atoms with Gasteiger partial charge in [0, 0.05) is 12.8 Å². The second kappa shape index (κ2) is 6.34. The lowest BCUT2D eigenvalue weighted by atomic mass is 9.99. The molecule has 18 heavy (non-hydrogen) atoms. The lowest BCUT2D eigenvalue weighted by Gasteiger charge is -2.18. The number of benzene rings is 2. The molecule has 0 aliphatic heterocycles. The van der Waals surface area contributed by atoms with E-state index in [9.17, 15) is 10.2 Å². The molecule has 2 atom stereocenters. The maximum absolute atomic E-state index is 9.98. The highest BCUT2D eigenvalue weighted by Crippen LogP contribution is 2.10. The topological polar surface area (TPSA) is 40.5 Å². The molecule has 0 aromatic heterocycles. The fourth-order valence-electron chi connectivity index (χ4n) is 1.98. The molecular formula is C16H18O2. The van der Waals surface area contributed by atoms with E-state index in [0.717, 1.165) is 11.1 Å². The van der Waals surface area contributed by atoms with Crippen LogP contribution in [0.5, 0.6) is 0 Å². The minimum atomic E-state index is -0.729. The molecule has 0 spiro atoms. The van der Waals surface area contributed by atoms with Crippen molar-refractivity contribution in [1.82, 2.24) is 0 Å². The molecular weight excluding hydrogens is 224 g/mol. The van der Waals surface area contributed by atoms with Crippen LogP contribution in [0.3, 0.4) is 0 Å². The highest BCUT2D eigenvalue weighted by atomic mass is 16.3. The summed E-state index contributed by atoms with van der Waals surface area (Å²) in [7, 11) is 0. The summed E-state index contributed by atoms with van der Waals surface area (Å²) < 4.78 is 0. The Morgan fingerprint density at radius 3 is 1.28 bits per heavy atom. The first-order valence-corrected chi connectivity index (χ1v) is 6.19. The van der Waals surface area contributed by atoms with Gasteiger partial charge in [-0.15, -0.1) is 0 Å². The molecule has 0 bridgehead atoms. The number of hydrogen-bond donors (Lipinski definition) is 2. The molecule has 0 aliphatic rings. The van der Waals surface area contributed by atoms with Gasteiger partial charge in [0.15, 0.2) is 0 Å². The van der Waals surface area contributed by atoms with Crippen LogP contribution in [-0.2, 0) is 12.8 Å². The summed E-state index contributed by atoms with van der Waals surface area (Å²) >= 11 is 0. The lowest BCUT2D eigenvalue weighted by molar-refractivity contribution is 0.0206. The summed E-state index contributed by atoms with van der Waals surface area (Å²) in [6.07, 6.45) is -0.496. The fourth-order valence-corrected chi connectivity index (χ4v) is 1.98. The quantitative estimate of drug-likeness (QED) is 0.843. The van der Waals surface area contributed by atoms with Crippen molar-refractivity contribution in [2.75, 3.05) is 0 Å². The Bertz CT molecular complexity index is 408. The summed E-state index contributed by atoms with van der Waals surface area (Å²) in [5.41, 5.74) is 2.08. The highest BCUT2D eigenvalue weighted by Gasteiger charge is 2.16. The van der Waals surface area contributed by atoms with Gasteiger partial charge in [-0.1, -0.05) is 60.7 Å². The standard InChI is InChI=1S/C16H18O2/c17-15(11-13-7-3-1-4-8-13)16(18)12-14-9-5-2-6-10-14/h1-10,15-18H,11-12H2/t15-,16+. The van der Waals surface area contributed by atoms with E-state index in [0.29, 0.717) is 12.8 Å². The molecule has 0 aliphatic carbocycles. The average Bonchev–Trinajstić information content (AvgIpc) is 2.41. The molecule has 94 valence electrons. The molecule has 0 fully saturated rings. The van der Waals surface area contributed by atoms with E-state index in [1.54, 1.807) is 0 Å². The normalized spacial score (nSPS) is 14.1. The Morgan fingerprint density at radius 1 is 0.611 bits per heavy atom. The van der Waals surface area contributed by atoms with Crippen molar-refractivity contribution in [1.29, 1.82) is 0 Å². The molecule has 2 heteroatoms. The van der Waals surface area contributed by atoms with Crippen molar-refractivity contribution in [3.8, 4) is 0 Å². The van der Waals surface area contributed by atoms with E-state index in [1.807, 2.05) is 60.7 Å². The van der Waals surface area contributed by atoms with Gasteiger partial charge in [-0.05, 0) is 11.1 Å². The Labute approximate surface area is 108 Å². The van der Waals surface area contributed by atoms with E-state index >= 15 is 0 Å². The molecule has 0 unspecified atom stereocenters. The van der Waals surface area contributed by atoms with Crippen molar-refractivity contribution < 1.29 is 10.2 Å². The van der Waals surface area contributed by atoms with E-state index < -0.39 is 12.2 Å². The lowest BCUT2D eigenvalue weighted by Crippen LogP contribution is -2.29. The predicted octanol–water partition coefficient (Wildman–Crippen LogP) is 2.19. The molecule has 0 heterocycles. The van der Waals surface area contributed by atoms with Crippen molar-refractivity contribution in [2.45, 2.75) is 25.0 Å². The van der Waals surface area contributed by atoms with Crippen LogP contribution < -0.4 is 0 Å². The van der Waals surface area contributed by atoms with E-state index in [4.69, 9.17) is 0 Å². The van der Waals surface area contributed by atoms with Crippen molar-refractivity contribution in [3.05, 3.63) is 71.8 Å². The van der Waals surface area contributed by atoms with Gasteiger partial charge in [-0.2, -0.15) is 0 Å². The molecule has 2 aromatic rings. The summed E-state index contributed by atoms with van der Waals surface area (Å²) in [4.78, 5) is 0. The summed E-state index contributed by atoms with van der Waals surface area (Å²) in [6.45, 7) is 0. The molecule has 2 aromatic carbocycles. The number of aliphatic hydroxyl groups excluding tert-OH is 2. The molecule has 0 amide bonds. The Kier molecular flexibility index (Phi) is 4.51. The van der Waals surface area contributed by atoms with Crippen LogP contribution in [0.1, 0.15) is 11.1 Å². The van der Waals surface area contributed by atoms with Crippen molar-refractivity contribution >= 4 is 0 Å². The minimum Gasteiger partial charge on any atom is -0.390 e. The fraction of sp³-hybridized carbons (Fsp3) is 0.250. The minimum absolute atomic E-state index is 0.481. The average molecular weight is 242 g/mol. The first-order valence-electron chi connectivity index (χ1n) is 6.19. The highest BCUT2D eigenvalue weighted by molar-refractivity contribution is 5.18. The predicted molar refractivity (Wildman–Crippen MR) is 72.3 cm³/mol. The third-order valence-corrected chi connectivity index (χ3v) is 3.02. The van der Waals surface area contributed by atoms with Crippen LogP contribution in [0.25, 0.3) is 0 Å². The maximum Gasteiger partial charge on any atom is 0.0842 e. The molecule has 0 saturated heterocycles. The first-order chi connectivity index (χ1) is 8.75.